The molecule has 1 amide bonds. The number of amides is 1. The number of nitrogens with zero attached hydrogens (tertiary/aromatic N) is 5. The number of anilines is 1. The number of hydrogen-bond acceptors (Lipinski definition) is 6. The van der Waals surface area contributed by atoms with Gasteiger partial charge in [-0.15, -0.1) is 0 Å². The first kappa shape index (κ1) is 19.7. The molecule has 0 aromatic carbocycles. The predicted molar refractivity (Wildman–Crippen MR) is 107 cm³/mol. The summed E-state index contributed by atoms with van der Waals surface area (Å²) in [4.78, 5) is 22.6. The standard InChI is InChI=1S/C19H25N5O4S/c1-22-13-20-12-17(22)19(25)24-9-7-15(8-10-24)28-18-6-3-14(11-21-18)23(2)29(26,27)16-4-5-16/h3,6,11-13,15-16H,4-5,7-10H2,1-2H3. The molecule has 2 aliphatic rings. The summed E-state index contributed by atoms with van der Waals surface area (Å²) in [6.45, 7) is 1.21. The Morgan fingerprint density at radius 1 is 1.17 bits per heavy atom. The highest BCUT2D eigenvalue weighted by atomic mass is 32.2. The second-order valence-corrected chi connectivity index (χ2v) is 9.81. The first-order valence-corrected chi connectivity index (χ1v) is 11.2. The summed E-state index contributed by atoms with van der Waals surface area (Å²) in [7, 11) is 0.0740. The molecule has 0 radical (unpaired) electrons. The third-order valence-corrected chi connectivity index (χ3v) is 7.75. The number of piperidine rings is 1. The van der Waals surface area contributed by atoms with Crippen molar-refractivity contribution in [2.45, 2.75) is 37.0 Å². The SMILES string of the molecule is CN(c1ccc(OC2CCN(C(=O)c3cncn3C)CC2)nc1)S(=O)(=O)C1CC1. The first-order valence-electron chi connectivity index (χ1n) is 9.72. The van der Waals surface area contributed by atoms with Crippen molar-refractivity contribution in [1.82, 2.24) is 19.4 Å². The number of pyridine rings is 1. The van der Waals surface area contributed by atoms with E-state index in [0.717, 1.165) is 12.8 Å². The van der Waals surface area contributed by atoms with Crippen LogP contribution in [0.15, 0.2) is 30.9 Å². The smallest absolute Gasteiger partial charge is 0.272 e. The Hall–Kier alpha value is -2.62. The Balaban J connectivity index is 1.31. The fourth-order valence-electron chi connectivity index (χ4n) is 3.44. The highest BCUT2D eigenvalue weighted by molar-refractivity contribution is 7.93. The summed E-state index contributed by atoms with van der Waals surface area (Å²) in [5.74, 6) is 0.438. The molecular weight excluding hydrogens is 394 g/mol. The monoisotopic (exact) mass is 419 g/mol. The lowest BCUT2D eigenvalue weighted by atomic mass is 10.1. The molecule has 9 nitrogen and oxygen atoms in total. The number of aryl methyl sites for hydroxylation is 1. The topological polar surface area (TPSA) is 97.6 Å². The van der Waals surface area contributed by atoms with Gasteiger partial charge in [0.15, 0.2) is 0 Å². The van der Waals surface area contributed by atoms with Gasteiger partial charge in [-0.25, -0.2) is 18.4 Å². The van der Waals surface area contributed by atoms with E-state index in [0.29, 0.717) is 43.2 Å². The third-order valence-electron chi connectivity index (χ3n) is 5.46. The molecule has 1 saturated heterocycles. The zero-order valence-corrected chi connectivity index (χ0v) is 17.4. The van der Waals surface area contributed by atoms with E-state index in [2.05, 4.69) is 9.97 Å². The molecule has 3 heterocycles. The van der Waals surface area contributed by atoms with E-state index in [4.69, 9.17) is 4.74 Å². The molecule has 2 aromatic heterocycles. The van der Waals surface area contributed by atoms with Gasteiger partial charge in [0.25, 0.3) is 5.91 Å². The van der Waals surface area contributed by atoms with Gasteiger partial charge in [0, 0.05) is 46.1 Å². The normalized spacial score (nSPS) is 17.9. The van der Waals surface area contributed by atoms with Gasteiger partial charge in [0.05, 0.1) is 29.7 Å². The average Bonchev–Trinajstić information content (AvgIpc) is 3.50. The van der Waals surface area contributed by atoms with E-state index in [9.17, 15) is 13.2 Å². The molecule has 0 atom stereocenters. The first-order chi connectivity index (χ1) is 13.9. The number of carbonyl (C=O) groups excluding carboxylic acids is 1. The zero-order valence-electron chi connectivity index (χ0n) is 16.6. The van der Waals surface area contributed by atoms with E-state index in [-0.39, 0.29) is 17.3 Å². The van der Waals surface area contributed by atoms with Crippen LogP contribution in [0.4, 0.5) is 5.69 Å². The number of imidazole rings is 1. The lowest BCUT2D eigenvalue weighted by molar-refractivity contribution is 0.0579. The minimum absolute atomic E-state index is 0.0224. The Labute approximate surface area is 170 Å². The van der Waals surface area contributed by atoms with Crippen molar-refractivity contribution >= 4 is 21.6 Å². The highest BCUT2D eigenvalue weighted by Gasteiger charge is 2.39. The minimum atomic E-state index is -3.29. The summed E-state index contributed by atoms with van der Waals surface area (Å²) in [6.07, 6.45) is 7.56. The van der Waals surface area contributed by atoms with Gasteiger partial charge >= 0.3 is 0 Å². The number of hydrogen-bond donors (Lipinski definition) is 0. The Bertz CT molecular complexity index is 976. The number of rotatable bonds is 6. The molecule has 10 heteroatoms. The molecule has 2 fully saturated rings. The lowest BCUT2D eigenvalue weighted by Gasteiger charge is -2.32. The van der Waals surface area contributed by atoms with Crippen molar-refractivity contribution in [3.05, 3.63) is 36.5 Å². The number of aromatic nitrogens is 3. The largest absolute Gasteiger partial charge is 0.474 e. The lowest BCUT2D eigenvalue weighted by Crippen LogP contribution is -2.42. The molecule has 0 bridgehead atoms. The number of likely N-dealkylation sites (tertiary alicyclic amines) is 1. The van der Waals surface area contributed by atoms with Crippen molar-refractivity contribution in [3.8, 4) is 5.88 Å². The maximum atomic E-state index is 12.5. The Morgan fingerprint density at radius 3 is 2.45 bits per heavy atom. The van der Waals surface area contributed by atoms with Crippen molar-refractivity contribution < 1.29 is 17.9 Å². The van der Waals surface area contributed by atoms with Crippen LogP contribution in [0.3, 0.4) is 0 Å². The van der Waals surface area contributed by atoms with Crippen LogP contribution in [0.1, 0.15) is 36.2 Å². The van der Waals surface area contributed by atoms with Gasteiger partial charge in [-0.05, 0) is 18.9 Å². The van der Waals surface area contributed by atoms with Crippen LogP contribution in [-0.2, 0) is 17.1 Å². The third kappa shape index (κ3) is 4.07. The van der Waals surface area contributed by atoms with Crippen molar-refractivity contribution in [1.29, 1.82) is 0 Å². The number of ether oxygens (including phenoxy) is 1. The van der Waals surface area contributed by atoms with E-state index in [1.165, 1.54) is 10.5 Å². The Morgan fingerprint density at radius 2 is 1.90 bits per heavy atom. The molecule has 29 heavy (non-hydrogen) atoms. The van der Waals surface area contributed by atoms with Gasteiger partial charge in [-0.3, -0.25) is 9.10 Å². The van der Waals surface area contributed by atoms with Crippen LogP contribution in [-0.4, -0.2) is 65.3 Å². The van der Waals surface area contributed by atoms with E-state index in [1.54, 1.807) is 43.3 Å². The molecule has 0 N–H and O–H groups in total. The van der Waals surface area contributed by atoms with E-state index in [1.807, 2.05) is 4.90 Å². The van der Waals surface area contributed by atoms with Crippen LogP contribution < -0.4 is 9.04 Å². The summed E-state index contributed by atoms with van der Waals surface area (Å²) in [5.41, 5.74) is 1.10. The van der Waals surface area contributed by atoms with Gasteiger partial charge in [-0.2, -0.15) is 0 Å². The van der Waals surface area contributed by atoms with Crippen LogP contribution in [0.5, 0.6) is 5.88 Å². The zero-order chi connectivity index (χ0) is 20.6. The maximum absolute atomic E-state index is 12.5. The second-order valence-electron chi connectivity index (χ2n) is 7.57. The van der Waals surface area contributed by atoms with Gasteiger partial charge < -0.3 is 14.2 Å². The summed E-state index contributed by atoms with van der Waals surface area (Å²) in [5, 5.41) is -0.261. The van der Waals surface area contributed by atoms with Crippen LogP contribution in [0.25, 0.3) is 0 Å². The maximum Gasteiger partial charge on any atom is 0.272 e. The summed E-state index contributed by atoms with van der Waals surface area (Å²) in [6, 6.07) is 3.41. The average molecular weight is 420 g/mol. The number of carbonyl (C=O) groups is 1. The second kappa shape index (κ2) is 7.66. The highest BCUT2D eigenvalue weighted by Crippen LogP contribution is 2.32. The number of sulfonamides is 1. The van der Waals surface area contributed by atoms with Crippen LogP contribution >= 0.6 is 0 Å². The summed E-state index contributed by atoms with van der Waals surface area (Å²) >= 11 is 0. The molecule has 2 aromatic rings. The van der Waals surface area contributed by atoms with E-state index < -0.39 is 10.0 Å². The van der Waals surface area contributed by atoms with Crippen LogP contribution in [0, 0.1) is 0 Å². The summed E-state index contributed by atoms with van der Waals surface area (Å²) < 4.78 is 33.6. The van der Waals surface area contributed by atoms with Crippen LogP contribution in [0.2, 0.25) is 0 Å². The van der Waals surface area contributed by atoms with Crippen molar-refractivity contribution in [3.63, 3.8) is 0 Å². The van der Waals surface area contributed by atoms with E-state index >= 15 is 0 Å². The molecule has 0 unspecified atom stereocenters. The van der Waals surface area contributed by atoms with Gasteiger partial charge in [0.1, 0.15) is 11.8 Å². The van der Waals surface area contributed by atoms with Crippen molar-refractivity contribution in [2.75, 3.05) is 24.4 Å². The minimum Gasteiger partial charge on any atom is -0.474 e. The Kier molecular flexibility index (Phi) is 5.20. The van der Waals surface area contributed by atoms with Gasteiger partial charge in [-0.1, -0.05) is 0 Å². The quantitative estimate of drug-likeness (QED) is 0.703. The molecule has 156 valence electrons. The molecule has 1 aliphatic carbocycles. The molecule has 1 saturated carbocycles. The fraction of sp³-hybridized carbons (Fsp3) is 0.526. The fourth-order valence-corrected chi connectivity index (χ4v) is 5.02. The molecular formula is C19H25N5O4S. The van der Waals surface area contributed by atoms with Crippen molar-refractivity contribution in [2.24, 2.45) is 7.05 Å². The van der Waals surface area contributed by atoms with Gasteiger partial charge in [0.2, 0.25) is 15.9 Å². The molecule has 4 rings (SSSR count). The molecule has 1 aliphatic heterocycles. The molecule has 0 spiro atoms. The predicted octanol–water partition coefficient (Wildman–Crippen LogP) is 1.43.